The first-order valence-corrected chi connectivity index (χ1v) is 6.50. The van der Waals surface area contributed by atoms with Gasteiger partial charge < -0.3 is 0 Å². The minimum atomic E-state index is 0.599. The zero-order valence-electron chi connectivity index (χ0n) is 9.64. The molecule has 0 saturated carbocycles. The summed E-state index contributed by atoms with van der Waals surface area (Å²) in [6, 6.07) is 17.3. The van der Waals surface area contributed by atoms with Gasteiger partial charge in [-0.2, -0.15) is 0 Å². The molecule has 0 bridgehead atoms. The van der Waals surface area contributed by atoms with E-state index >= 15 is 0 Å². The van der Waals surface area contributed by atoms with Crippen LogP contribution < -0.4 is 4.46 Å². The van der Waals surface area contributed by atoms with Crippen molar-refractivity contribution in [1.29, 1.82) is 0 Å². The van der Waals surface area contributed by atoms with Crippen LogP contribution in [-0.4, -0.2) is 16.0 Å². The maximum atomic E-state index is 2.63. The maximum absolute atomic E-state index is 2.63. The first kappa shape index (κ1) is 11.4. The first-order chi connectivity index (χ1) is 7.68. The summed E-state index contributed by atoms with van der Waals surface area (Å²) in [5.41, 5.74) is 3.99. The Kier molecular flexibility index (Phi) is 3.48. The number of hydrogen-bond acceptors (Lipinski definition) is 0. The summed E-state index contributed by atoms with van der Waals surface area (Å²) < 4.78 is 1.27. The van der Waals surface area contributed by atoms with Crippen LogP contribution in [0.5, 0.6) is 0 Å². The molecule has 0 radical (unpaired) electrons. The second-order valence-electron chi connectivity index (χ2n) is 4.29. The van der Waals surface area contributed by atoms with Gasteiger partial charge in [0.2, 0.25) is 0 Å². The third-order valence-corrected chi connectivity index (χ3v) is 3.61. The topological polar surface area (TPSA) is 0 Å². The van der Waals surface area contributed by atoms with E-state index in [4.69, 9.17) is 0 Å². The molecule has 0 unspecified atom stereocenters. The Morgan fingerprint density at radius 2 is 1.50 bits per heavy atom. The van der Waals surface area contributed by atoms with Gasteiger partial charge in [0, 0.05) is 0 Å². The van der Waals surface area contributed by atoms with Crippen molar-refractivity contribution in [2.45, 2.75) is 19.8 Å². The number of benzene rings is 2. The fourth-order valence-corrected chi connectivity index (χ4v) is 2.37. The SMILES string of the molecule is CC(C)c1ccc(-c2ccccc2[SeH])cc1. The van der Waals surface area contributed by atoms with Gasteiger partial charge in [0.15, 0.2) is 0 Å². The molecule has 2 rings (SSSR count). The van der Waals surface area contributed by atoms with Gasteiger partial charge >= 0.3 is 105 Å². The molecule has 0 amide bonds. The van der Waals surface area contributed by atoms with Crippen LogP contribution in [0.1, 0.15) is 25.3 Å². The third kappa shape index (κ3) is 2.37. The Labute approximate surface area is 106 Å². The molecule has 0 spiro atoms. The van der Waals surface area contributed by atoms with E-state index in [1.54, 1.807) is 0 Å². The molecule has 0 aromatic heterocycles. The Morgan fingerprint density at radius 3 is 2.06 bits per heavy atom. The van der Waals surface area contributed by atoms with E-state index in [0.29, 0.717) is 5.92 Å². The second-order valence-corrected chi connectivity index (χ2v) is 5.30. The predicted molar refractivity (Wildman–Crippen MR) is 72.8 cm³/mol. The normalized spacial score (nSPS) is 10.8. The van der Waals surface area contributed by atoms with E-state index in [0.717, 1.165) is 0 Å². The summed E-state index contributed by atoms with van der Waals surface area (Å²) in [5, 5.41) is 0. The van der Waals surface area contributed by atoms with Crippen molar-refractivity contribution in [3.8, 4) is 11.1 Å². The minimum absolute atomic E-state index is 0.599. The van der Waals surface area contributed by atoms with Gasteiger partial charge in [0.25, 0.3) is 0 Å². The van der Waals surface area contributed by atoms with Crippen LogP contribution in [-0.2, 0) is 0 Å². The van der Waals surface area contributed by atoms with Gasteiger partial charge in [0.1, 0.15) is 0 Å². The van der Waals surface area contributed by atoms with Gasteiger partial charge in [-0.3, -0.25) is 0 Å². The average Bonchev–Trinajstić information content (AvgIpc) is 2.30. The Morgan fingerprint density at radius 1 is 0.875 bits per heavy atom. The standard InChI is InChI=1S/C15H16Se/c1-11(2)12-7-9-13(10-8-12)14-5-3-4-6-15(14)16/h3-11,16H,1-2H3. The Hall–Kier alpha value is -1.04. The summed E-state index contributed by atoms with van der Waals surface area (Å²) in [5.74, 6) is 0.599. The fraction of sp³-hybridized carbons (Fsp3) is 0.200. The van der Waals surface area contributed by atoms with Crippen LogP contribution in [0.25, 0.3) is 11.1 Å². The van der Waals surface area contributed by atoms with Crippen molar-refractivity contribution in [1.82, 2.24) is 0 Å². The summed E-state index contributed by atoms with van der Waals surface area (Å²) in [6.07, 6.45) is 0. The van der Waals surface area contributed by atoms with Crippen LogP contribution in [0.15, 0.2) is 48.5 Å². The van der Waals surface area contributed by atoms with Crippen molar-refractivity contribution in [3.63, 3.8) is 0 Å². The van der Waals surface area contributed by atoms with Crippen LogP contribution in [0.4, 0.5) is 0 Å². The van der Waals surface area contributed by atoms with Crippen LogP contribution in [0.3, 0.4) is 0 Å². The monoisotopic (exact) mass is 276 g/mol. The molecule has 0 N–H and O–H groups in total. The molecular weight excluding hydrogens is 259 g/mol. The quantitative estimate of drug-likeness (QED) is 0.739. The van der Waals surface area contributed by atoms with Crippen molar-refractivity contribution in [2.75, 3.05) is 0 Å². The molecule has 0 fully saturated rings. The van der Waals surface area contributed by atoms with Gasteiger partial charge in [0.05, 0.1) is 0 Å². The van der Waals surface area contributed by atoms with E-state index in [-0.39, 0.29) is 0 Å². The van der Waals surface area contributed by atoms with Crippen molar-refractivity contribution in [2.24, 2.45) is 0 Å². The van der Waals surface area contributed by atoms with Gasteiger partial charge in [-0.1, -0.05) is 0 Å². The molecule has 16 heavy (non-hydrogen) atoms. The van der Waals surface area contributed by atoms with Crippen molar-refractivity contribution in [3.05, 3.63) is 54.1 Å². The molecular formula is C15H16Se. The number of hydrogen-bond donors (Lipinski definition) is 0. The predicted octanol–water partition coefficient (Wildman–Crippen LogP) is 3.00. The van der Waals surface area contributed by atoms with E-state index in [2.05, 4.69) is 78.4 Å². The molecule has 0 saturated heterocycles. The van der Waals surface area contributed by atoms with E-state index in [1.807, 2.05) is 0 Å². The van der Waals surface area contributed by atoms with Crippen molar-refractivity contribution < 1.29 is 0 Å². The third-order valence-electron chi connectivity index (χ3n) is 2.79. The van der Waals surface area contributed by atoms with Crippen LogP contribution in [0, 0.1) is 0 Å². The van der Waals surface area contributed by atoms with Gasteiger partial charge in [-0.25, -0.2) is 0 Å². The molecule has 1 heteroatoms. The molecule has 0 atom stereocenters. The number of rotatable bonds is 2. The Balaban J connectivity index is 2.39. The molecule has 0 aliphatic heterocycles. The molecule has 0 heterocycles. The molecule has 2 aromatic carbocycles. The molecule has 82 valence electrons. The zero-order chi connectivity index (χ0) is 11.5. The fourth-order valence-electron chi connectivity index (χ4n) is 1.77. The van der Waals surface area contributed by atoms with Gasteiger partial charge in [-0.15, -0.1) is 0 Å². The summed E-state index contributed by atoms with van der Waals surface area (Å²) in [7, 11) is 0. The molecule has 2 aromatic rings. The first-order valence-electron chi connectivity index (χ1n) is 5.57. The average molecular weight is 275 g/mol. The van der Waals surface area contributed by atoms with Crippen LogP contribution in [0.2, 0.25) is 0 Å². The van der Waals surface area contributed by atoms with Crippen LogP contribution >= 0.6 is 0 Å². The zero-order valence-corrected chi connectivity index (χ0v) is 11.5. The molecule has 0 aliphatic carbocycles. The summed E-state index contributed by atoms with van der Waals surface area (Å²) >= 11 is 2.63. The van der Waals surface area contributed by atoms with Crippen molar-refractivity contribution >= 4 is 20.5 Å². The summed E-state index contributed by atoms with van der Waals surface area (Å²) in [6.45, 7) is 4.44. The Bertz CT molecular complexity index is 469. The van der Waals surface area contributed by atoms with E-state index in [1.165, 1.54) is 21.2 Å². The second kappa shape index (κ2) is 4.86. The molecule has 0 aliphatic rings. The summed E-state index contributed by atoms with van der Waals surface area (Å²) in [4.78, 5) is 0. The molecule has 0 nitrogen and oxygen atoms in total. The van der Waals surface area contributed by atoms with Gasteiger partial charge in [-0.05, 0) is 0 Å². The van der Waals surface area contributed by atoms with E-state index < -0.39 is 0 Å². The van der Waals surface area contributed by atoms with E-state index in [9.17, 15) is 0 Å².